The summed E-state index contributed by atoms with van der Waals surface area (Å²) in [5, 5.41) is 2.85. The highest BCUT2D eigenvalue weighted by molar-refractivity contribution is 6.07. The second kappa shape index (κ2) is 9.16. The first-order valence-corrected chi connectivity index (χ1v) is 10.5. The van der Waals surface area contributed by atoms with Gasteiger partial charge in [0.2, 0.25) is 0 Å². The molecule has 0 radical (unpaired) electrons. The lowest BCUT2D eigenvalue weighted by atomic mass is 9.82. The van der Waals surface area contributed by atoms with Crippen molar-refractivity contribution in [2.24, 2.45) is 0 Å². The number of amides is 3. The second-order valence-electron chi connectivity index (χ2n) is 7.84. The molecule has 0 bridgehead atoms. The molecule has 1 aromatic heterocycles. The maximum atomic E-state index is 12.8. The molecular weight excluding hydrogens is 398 g/mol. The maximum absolute atomic E-state index is 12.8. The third-order valence-corrected chi connectivity index (χ3v) is 5.72. The van der Waals surface area contributed by atoms with Crippen LogP contribution in [0.3, 0.4) is 0 Å². The molecule has 3 amide bonds. The second-order valence-corrected chi connectivity index (χ2v) is 7.84. The minimum absolute atomic E-state index is 0.0130. The average molecular weight is 423 g/mol. The number of benzene rings is 1. The van der Waals surface area contributed by atoms with Crippen LogP contribution in [0.2, 0.25) is 0 Å². The summed E-state index contributed by atoms with van der Waals surface area (Å²) in [6, 6.07) is 10.4. The van der Waals surface area contributed by atoms with Crippen LogP contribution in [0.1, 0.15) is 44.1 Å². The number of nitrogens with zero attached hydrogens (tertiary/aromatic N) is 2. The molecule has 2 heterocycles. The van der Waals surface area contributed by atoms with Crippen LogP contribution in [-0.2, 0) is 20.9 Å². The summed E-state index contributed by atoms with van der Waals surface area (Å²) < 4.78 is 11.2. The minimum Gasteiger partial charge on any atom is -0.461 e. The third kappa shape index (κ3) is 4.68. The van der Waals surface area contributed by atoms with E-state index in [0.717, 1.165) is 24.2 Å². The fourth-order valence-corrected chi connectivity index (χ4v) is 4.06. The Hall–Kier alpha value is -3.42. The van der Waals surface area contributed by atoms with Crippen molar-refractivity contribution >= 4 is 17.9 Å². The molecule has 2 fully saturated rings. The Kier molecular flexibility index (Phi) is 6.16. The Morgan fingerprint density at radius 3 is 2.68 bits per heavy atom. The molecule has 31 heavy (non-hydrogen) atoms. The number of esters is 1. The van der Waals surface area contributed by atoms with Gasteiger partial charge in [-0.2, -0.15) is 0 Å². The van der Waals surface area contributed by atoms with Crippen molar-refractivity contribution in [1.82, 2.24) is 15.2 Å². The molecule has 1 saturated heterocycles. The Balaban J connectivity index is 1.30. The lowest BCUT2D eigenvalue weighted by molar-refractivity contribution is -0.145. The zero-order chi connectivity index (χ0) is 21.7. The van der Waals surface area contributed by atoms with E-state index in [4.69, 9.17) is 9.47 Å². The summed E-state index contributed by atoms with van der Waals surface area (Å²) in [6.07, 6.45) is 7.43. The van der Waals surface area contributed by atoms with Crippen LogP contribution >= 0.6 is 0 Å². The van der Waals surface area contributed by atoms with Crippen molar-refractivity contribution in [3.8, 4) is 11.5 Å². The summed E-state index contributed by atoms with van der Waals surface area (Å²) in [4.78, 5) is 42.5. The number of urea groups is 1. The highest BCUT2D eigenvalue weighted by Gasteiger charge is 2.51. The molecule has 0 atom stereocenters. The Labute approximate surface area is 180 Å². The number of imide groups is 1. The van der Waals surface area contributed by atoms with E-state index in [1.165, 1.54) is 0 Å². The van der Waals surface area contributed by atoms with Crippen molar-refractivity contribution in [3.05, 3.63) is 54.4 Å². The smallest absolute Gasteiger partial charge is 0.325 e. The molecule has 0 unspecified atom stereocenters. The van der Waals surface area contributed by atoms with E-state index in [1.54, 1.807) is 30.6 Å². The number of ether oxygens (including phenoxy) is 2. The molecule has 2 aromatic rings. The standard InChI is InChI=1S/C23H25N3O5/c27-20(10-14-26-21(28)23(25-22(26)29)11-4-1-5-12-23)30-16-17-7-2-3-9-19(17)31-18-8-6-13-24-15-18/h2-3,6-9,13,15H,1,4-5,10-12,14,16H2,(H,25,29). The lowest BCUT2D eigenvalue weighted by Gasteiger charge is -2.30. The van der Waals surface area contributed by atoms with Crippen LogP contribution in [0, 0.1) is 0 Å². The Morgan fingerprint density at radius 2 is 1.90 bits per heavy atom. The number of para-hydroxylation sites is 1. The van der Waals surface area contributed by atoms with E-state index in [9.17, 15) is 14.4 Å². The van der Waals surface area contributed by atoms with Gasteiger partial charge < -0.3 is 14.8 Å². The molecule has 2 aliphatic rings. The van der Waals surface area contributed by atoms with Gasteiger partial charge >= 0.3 is 12.0 Å². The van der Waals surface area contributed by atoms with E-state index in [0.29, 0.717) is 29.9 Å². The molecule has 8 nitrogen and oxygen atoms in total. The van der Waals surface area contributed by atoms with Gasteiger partial charge in [-0.15, -0.1) is 0 Å². The first-order valence-electron chi connectivity index (χ1n) is 10.5. The number of carbonyl (C=O) groups is 3. The van der Waals surface area contributed by atoms with Crippen LogP contribution in [0.25, 0.3) is 0 Å². The van der Waals surface area contributed by atoms with Gasteiger partial charge in [-0.3, -0.25) is 19.5 Å². The van der Waals surface area contributed by atoms with Crippen molar-refractivity contribution in [2.45, 2.75) is 50.7 Å². The van der Waals surface area contributed by atoms with E-state index in [1.807, 2.05) is 18.2 Å². The molecule has 8 heteroatoms. The quantitative estimate of drug-likeness (QED) is 0.540. The van der Waals surface area contributed by atoms with Crippen LogP contribution in [0.4, 0.5) is 4.79 Å². The third-order valence-electron chi connectivity index (χ3n) is 5.72. The summed E-state index contributed by atoms with van der Waals surface area (Å²) in [5.74, 6) is 0.440. The number of rotatable bonds is 7. The minimum atomic E-state index is -0.776. The fourth-order valence-electron chi connectivity index (χ4n) is 4.06. The molecule has 4 rings (SSSR count). The lowest BCUT2D eigenvalue weighted by Crippen LogP contribution is -2.48. The summed E-state index contributed by atoms with van der Waals surface area (Å²) in [7, 11) is 0. The summed E-state index contributed by atoms with van der Waals surface area (Å²) in [6.45, 7) is 0.0401. The van der Waals surface area contributed by atoms with Crippen LogP contribution in [-0.4, -0.2) is 39.9 Å². The first-order chi connectivity index (χ1) is 15.1. The molecule has 1 saturated carbocycles. The van der Waals surface area contributed by atoms with Crippen molar-refractivity contribution in [1.29, 1.82) is 0 Å². The van der Waals surface area contributed by atoms with Crippen LogP contribution < -0.4 is 10.1 Å². The van der Waals surface area contributed by atoms with E-state index >= 15 is 0 Å². The first kappa shape index (κ1) is 20.8. The zero-order valence-corrected chi connectivity index (χ0v) is 17.2. The largest absolute Gasteiger partial charge is 0.461 e. The average Bonchev–Trinajstić information content (AvgIpc) is 3.01. The highest BCUT2D eigenvalue weighted by atomic mass is 16.5. The number of pyridine rings is 1. The van der Waals surface area contributed by atoms with Gasteiger partial charge in [-0.05, 0) is 31.0 Å². The predicted molar refractivity (Wildman–Crippen MR) is 111 cm³/mol. The monoisotopic (exact) mass is 423 g/mol. The van der Waals surface area contributed by atoms with Gasteiger partial charge in [0.05, 0.1) is 12.6 Å². The van der Waals surface area contributed by atoms with Gasteiger partial charge in [-0.25, -0.2) is 4.79 Å². The number of hydrogen-bond donors (Lipinski definition) is 1. The van der Waals surface area contributed by atoms with Gasteiger partial charge in [0.15, 0.2) is 0 Å². The normalized spacial score (nSPS) is 17.5. The molecular formula is C23H25N3O5. The maximum Gasteiger partial charge on any atom is 0.325 e. The Bertz CT molecular complexity index is 957. The van der Waals surface area contributed by atoms with Gasteiger partial charge in [0.25, 0.3) is 5.91 Å². The topological polar surface area (TPSA) is 97.8 Å². The van der Waals surface area contributed by atoms with Crippen LogP contribution in [0.5, 0.6) is 11.5 Å². The van der Waals surface area contributed by atoms with Gasteiger partial charge in [-0.1, -0.05) is 37.5 Å². The summed E-state index contributed by atoms with van der Waals surface area (Å²) >= 11 is 0. The van der Waals surface area contributed by atoms with Gasteiger partial charge in [0.1, 0.15) is 23.6 Å². The number of aromatic nitrogens is 1. The van der Waals surface area contributed by atoms with Crippen molar-refractivity contribution in [3.63, 3.8) is 0 Å². The van der Waals surface area contributed by atoms with E-state index < -0.39 is 17.5 Å². The predicted octanol–water partition coefficient (Wildman–Crippen LogP) is 3.56. The Morgan fingerprint density at radius 1 is 1.10 bits per heavy atom. The fraction of sp³-hybridized carbons (Fsp3) is 0.391. The molecule has 1 aliphatic heterocycles. The van der Waals surface area contributed by atoms with E-state index in [-0.39, 0.29) is 25.5 Å². The van der Waals surface area contributed by atoms with Crippen molar-refractivity contribution in [2.75, 3.05) is 6.54 Å². The van der Waals surface area contributed by atoms with E-state index in [2.05, 4.69) is 10.3 Å². The number of nitrogens with one attached hydrogen (secondary N) is 1. The van der Waals surface area contributed by atoms with Crippen molar-refractivity contribution < 1.29 is 23.9 Å². The molecule has 1 aliphatic carbocycles. The molecule has 1 aromatic carbocycles. The van der Waals surface area contributed by atoms with Crippen LogP contribution in [0.15, 0.2) is 48.8 Å². The SMILES string of the molecule is O=C(CCN1C(=O)NC2(CCCCC2)C1=O)OCc1ccccc1Oc1cccnc1. The molecule has 1 N–H and O–H groups in total. The highest BCUT2D eigenvalue weighted by Crippen LogP contribution is 2.33. The molecule has 162 valence electrons. The molecule has 1 spiro atoms. The number of carbonyl (C=O) groups excluding carboxylic acids is 3. The van der Waals surface area contributed by atoms with Gasteiger partial charge in [0, 0.05) is 18.3 Å². The zero-order valence-electron chi connectivity index (χ0n) is 17.2. The summed E-state index contributed by atoms with van der Waals surface area (Å²) in [5.41, 5.74) is -0.0715. The number of hydrogen-bond acceptors (Lipinski definition) is 6.